The Bertz CT molecular complexity index is 998. The molecular formula is C26H29NO3. The summed E-state index contributed by atoms with van der Waals surface area (Å²) in [4.78, 5) is 0. The summed E-state index contributed by atoms with van der Waals surface area (Å²) in [6.45, 7) is 0.825. The molecule has 0 aromatic heterocycles. The number of aryl methyl sites for hydroxylation is 1. The quantitative estimate of drug-likeness (QED) is 0.559. The third-order valence-corrected chi connectivity index (χ3v) is 6.01. The van der Waals surface area contributed by atoms with E-state index in [1.165, 1.54) is 22.3 Å². The number of anilines is 1. The summed E-state index contributed by atoms with van der Waals surface area (Å²) in [7, 11) is 3.43. The topological polar surface area (TPSA) is 50.7 Å². The minimum atomic E-state index is 0.303. The highest BCUT2D eigenvalue weighted by Gasteiger charge is 2.23. The molecule has 3 aromatic carbocycles. The number of hydrogen-bond acceptors (Lipinski definition) is 4. The second-order valence-electron chi connectivity index (χ2n) is 7.87. The monoisotopic (exact) mass is 403 g/mol. The lowest BCUT2D eigenvalue weighted by Gasteiger charge is -2.27. The molecule has 4 rings (SSSR count). The molecule has 0 amide bonds. The van der Waals surface area contributed by atoms with Crippen molar-refractivity contribution in [2.45, 2.75) is 31.6 Å². The largest absolute Gasteiger partial charge is 0.508 e. The van der Waals surface area contributed by atoms with E-state index in [2.05, 4.69) is 41.7 Å². The zero-order valence-corrected chi connectivity index (χ0v) is 17.7. The van der Waals surface area contributed by atoms with Crippen LogP contribution in [0.4, 0.5) is 5.69 Å². The maximum atomic E-state index is 9.46. The lowest BCUT2D eigenvalue weighted by molar-refractivity contribution is 0.413. The van der Waals surface area contributed by atoms with E-state index in [1.807, 2.05) is 12.1 Å². The number of methoxy groups -OCH3 is 2. The third-order valence-electron chi connectivity index (χ3n) is 6.01. The number of nitrogens with one attached hydrogen (secondary N) is 1. The molecule has 0 heterocycles. The fourth-order valence-corrected chi connectivity index (χ4v) is 4.30. The molecule has 1 unspecified atom stereocenters. The Labute approximate surface area is 178 Å². The van der Waals surface area contributed by atoms with E-state index in [-0.39, 0.29) is 0 Å². The molecule has 0 saturated heterocycles. The molecule has 1 aliphatic rings. The molecule has 1 aliphatic carbocycles. The Morgan fingerprint density at radius 3 is 2.40 bits per heavy atom. The number of fused-ring (bicyclic) bond motifs is 1. The van der Waals surface area contributed by atoms with Gasteiger partial charge in [-0.15, -0.1) is 0 Å². The van der Waals surface area contributed by atoms with Crippen molar-refractivity contribution >= 4 is 5.69 Å². The van der Waals surface area contributed by atoms with Gasteiger partial charge >= 0.3 is 0 Å². The van der Waals surface area contributed by atoms with Crippen LogP contribution >= 0.6 is 0 Å². The summed E-state index contributed by atoms with van der Waals surface area (Å²) in [6, 6.07) is 20.2. The van der Waals surface area contributed by atoms with Gasteiger partial charge in [-0.2, -0.15) is 0 Å². The summed E-state index contributed by atoms with van der Waals surface area (Å²) in [5.74, 6) is 2.59. The maximum Gasteiger partial charge on any atom is 0.120 e. The maximum absolute atomic E-state index is 9.46. The standard InChI is InChI=1S/C26H29NO3/c1-29-23-10-7-19-15-21(6-5-20(19)16-23)25-12-11-24(30-2)17-26(25)27-14-13-18-3-8-22(28)9-4-18/h3-4,7-12,16-17,21,27-28H,5-6,13-15H2,1-2H3. The van der Waals surface area contributed by atoms with Gasteiger partial charge in [-0.25, -0.2) is 0 Å². The van der Waals surface area contributed by atoms with Crippen molar-refractivity contribution in [3.63, 3.8) is 0 Å². The second-order valence-corrected chi connectivity index (χ2v) is 7.87. The van der Waals surface area contributed by atoms with Crippen LogP contribution in [-0.4, -0.2) is 25.9 Å². The Kier molecular flexibility index (Phi) is 6.12. The van der Waals surface area contributed by atoms with E-state index in [0.29, 0.717) is 11.7 Å². The molecule has 0 fully saturated rings. The van der Waals surface area contributed by atoms with E-state index in [9.17, 15) is 5.11 Å². The van der Waals surface area contributed by atoms with Gasteiger partial charge in [0.2, 0.25) is 0 Å². The van der Waals surface area contributed by atoms with Gasteiger partial charge in [0.15, 0.2) is 0 Å². The number of aromatic hydroxyl groups is 1. The first-order valence-corrected chi connectivity index (χ1v) is 10.5. The van der Waals surface area contributed by atoms with Crippen LogP contribution in [0.2, 0.25) is 0 Å². The Morgan fingerprint density at radius 2 is 1.63 bits per heavy atom. The fraction of sp³-hybridized carbons (Fsp3) is 0.308. The molecule has 0 saturated carbocycles. The highest BCUT2D eigenvalue weighted by Crippen LogP contribution is 2.38. The second kappa shape index (κ2) is 9.12. The van der Waals surface area contributed by atoms with Crippen LogP contribution in [-0.2, 0) is 19.3 Å². The van der Waals surface area contributed by atoms with Crippen LogP contribution in [0.15, 0.2) is 60.7 Å². The van der Waals surface area contributed by atoms with E-state index in [1.54, 1.807) is 26.4 Å². The molecule has 4 nitrogen and oxygen atoms in total. The molecule has 0 radical (unpaired) electrons. The van der Waals surface area contributed by atoms with Crippen molar-refractivity contribution in [1.82, 2.24) is 0 Å². The first-order chi connectivity index (χ1) is 14.7. The molecular weight excluding hydrogens is 374 g/mol. The van der Waals surface area contributed by atoms with E-state index in [4.69, 9.17) is 9.47 Å². The molecule has 156 valence electrons. The number of phenolic OH excluding ortho intramolecular Hbond substituents is 1. The number of ether oxygens (including phenoxy) is 2. The average molecular weight is 404 g/mol. The summed E-state index contributed by atoms with van der Waals surface area (Å²) in [5.41, 5.74) is 6.52. The van der Waals surface area contributed by atoms with E-state index < -0.39 is 0 Å². The lowest BCUT2D eigenvalue weighted by Crippen LogP contribution is -2.15. The van der Waals surface area contributed by atoms with E-state index in [0.717, 1.165) is 49.4 Å². The summed E-state index contributed by atoms with van der Waals surface area (Å²) < 4.78 is 10.9. The van der Waals surface area contributed by atoms with Crippen LogP contribution in [0.5, 0.6) is 17.2 Å². The van der Waals surface area contributed by atoms with Crippen molar-refractivity contribution in [1.29, 1.82) is 0 Å². The number of rotatable bonds is 7. The van der Waals surface area contributed by atoms with Crippen LogP contribution < -0.4 is 14.8 Å². The van der Waals surface area contributed by atoms with Crippen molar-refractivity contribution < 1.29 is 14.6 Å². The van der Waals surface area contributed by atoms with Gasteiger partial charge in [0.1, 0.15) is 17.2 Å². The van der Waals surface area contributed by atoms with Gasteiger partial charge in [0.25, 0.3) is 0 Å². The molecule has 2 N–H and O–H groups in total. The van der Waals surface area contributed by atoms with Crippen molar-refractivity contribution in [2.75, 3.05) is 26.1 Å². The highest BCUT2D eigenvalue weighted by atomic mass is 16.5. The first-order valence-electron chi connectivity index (χ1n) is 10.5. The number of phenols is 1. The smallest absolute Gasteiger partial charge is 0.120 e. The van der Waals surface area contributed by atoms with Crippen LogP contribution in [0.25, 0.3) is 0 Å². The zero-order valence-electron chi connectivity index (χ0n) is 17.7. The van der Waals surface area contributed by atoms with Gasteiger partial charge in [0, 0.05) is 18.3 Å². The minimum absolute atomic E-state index is 0.303. The summed E-state index contributed by atoms with van der Waals surface area (Å²) in [5, 5.41) is 13.1. The summed E-state index contributed by atoms with van der Waals surface area (Å²) in [6.07, 6.45) is 4.12. The Balaban J connectivity index is 1.50. The predicted octanol–water partition coefficient (Wildman–Crippen LogP) is 5.34. The molecule has 0 spiro atoms. The first kappa shape index (κ1) is 20.1. The van der Waals surface area contributed by atoms with Crippen LogP contribution in [0, 0.1) is 0 Å². The molecule has 3 aromatic rings. The molecule has 30 heavy (non-hydrogen) atoms. The molecule has 0 bridgehead atoms. The lowest BCUT2D eigenvalue weighted by atomic mass is 9.79. The average Bonchev–Trinajstić information content (AvgIpc) is 2.79. The SMILES string of the molecule is COc1ccc2c(c1)CCC(c1ccc(OC)cc1NCCc1ccc(O)cc1)C2. The van der Waals surface area contributed by atoms with Crippen LogP contribution in [0.1, 0.15) is 34.6 Å². The van der Waals surface area contributed by atoms with E-state index >= 15 is 0 Å². The van der Waals surface area contributed by atoms with Gasteiger partial charge in [-0.05, 0) is 84.2 Å². The zero-order chi connectivity index (χ0) is 20.9. The Hall–Kier alpha value is -3.14. The van der Waals surface area contributed by atoms with Crippen molar-refractivity contribution in [3.8, 4) is 17.2 Å². The van der Waals surface area contributed by atoms with Gasteiger partial charge in [-0.3, -0.25) is 0 Å². The number of benzene rings is 3. The Morgan fingerprint density at radius 1 is 0.900 bits per heavy atom. The third kappa shape index (κ3) is 4.54. The predicted molar refractivity (Wildman–Crippen MR) is 121 cm³/mol. The molecule has 1 atom stereocenters. The van der Waals surface area contributed by atoms with Gasteiger partial charge in [-0.1, -0.05) is 24.3 Å². The normalized spacial score (nSPS) is 15.3. The van der Waals surface area contributed by atoms with Gasteiger partial charge < -0.3 is 19.9 Å². The highest BCUT2D eigenvalue weighted by molar-refractivity contribution is 5.58. The van der Waals surface area contributed by atoms with Crippen LogP contribution in [0.3, 0.4) is 0 Å². The summed E-state index contributed by atoms with van der Waals surface area (Å²) >= 11 is 0. The molecule has 4 heteroatoms. The fourth-order valence-electron chi connectivity index (χ4n) is 4.30. The number of hydrogen-bond donors (Lipinski definition) is 2. The van der Waals surface area contributed by atoms with Gasteiger partial charge in [0.05, 0.1) is 14.2 Å². The van der Waals surface area contributed by atoms with Crippen molar-refractivity contribution in [3.05, 3.63) is 82.9 Å². The molecule has 0 aliphatic heterocycles. The minimum Gasteiger partial charge on any atom is -0.508 e. The van der Waals surface area contributed by atoms with Crippen molar-refractivity contribution in [2.24, 2.45) is 0 Å².